The summed E-state index contributed by atoms with van der Waals surface area (Å²) in [5.74, 6) is 0. The number of likely N-dealkylation sites (tertiary alicyclic amines) is 1. The van der Waals surface area contributed by atoms with E-state index in [9.17, 15) is 4.79 Å². The summed E-state index contributed by atoms with van der Waals surface area (Å²) < 4.78 is 1.86. The number of H-pyrrole nitrogens is 1. The first-order chi connectivity index (χ1) is 13.2. The summed E-state index contributed by atoms with van der Waals surface area (Å²) in [5, 5.41) is 9.21. The molecule has 0 amide bonds. The predicted octanol–water partition coefficient (Wildman–Crippen LogP) is 2.56. The minimum absolute atomic E-state index is 0.0262. The van der Waals surface area contributed by atoms with Crippen LogP contribution in [-0.2, 0) is 13.0 Å². The minimum atomic E-state index is 0.0262. The lowest BCUT2D eigenvalue weighted by Gasteiger charge is -2.26. The summed E-state index contributed by atoms with van der Waals surface area (Å²) in [4.78, 5) is 15.6. The smallest absolute Gasteiger partial charge is 0.262 e. The van der Waals surface area contributed by atoms with E-state index in [1.165, 1.54) is 37.9 Å². The van der Waals surface area contributed by atoms with Gasteiger partial charge in [0.15, 0.2) is 0 Å². The Kier molecular flexibility index (Phi) is 5.27. The second-order valence-electron chi connectivity index (χ2n) is 7.68. The van der Waals surface area contributed by atoms with Gasteiger partial charge in [-0.1, -0.05) is 12.5 Å². The molecule has 0 radical (unpaired) electrons. The second kappa shape index (κ2) is 7.82. The number of piperidine rings is 1. The summed E-state index contributed by atoms with van der Waals surface area (Å²) >= 11 is 0. The predicted molar refractivity (Wildman–Crippen MR) is 110 cm³/mol. The average molecular weight is 367 g/mol. The van der Waals surface area contributed by atoms with Crippen molar-refractivity contribution in [2.24, 2.45) is 5.73 Å². The molecule has 0 bridgehead atoms. The summed E-state index contributed by atoms with van der Waals surface area (Å²) in [5.41, 5.74) is 9.59. The third-order valence-corrected chi connectivity index (χ3v) is 5.76. The van der Waals surface area contributed by atoms with Crippen molar-refractivity contribution in [3.05, 3.63) is 39.8 Å². The summed E-state index contributed by atoms with van der Waals surface area (Å²) in [6.45, 7) is 6.66. The molecule has 0 atom stereocenters. The summed E-state index contributed by atoms with van der Waals surface area (Å²) in [7, 11) is 0. The zero-order valence-electron chi connectivity index (χ0n) is 16.1. The maximum Gasteiger partial charge on any atom is 0.262 e. The number of fused-ring (bicyclic) bond motifs is 3. The molecule has 6 heteroatoms. The maximum absolute atomic E-state index is 13.0. The molecule has 3 aromatic rings. The lowest BCUT2D eigenvalue weighted by atomic mass is 10.0. The fraction of sp³-hybridized carbons (Fsp3) is 0.524. The number of hydrogen-bond donors (Lipinski definition) is 2. The number of aromatic nitrogens is 3. The standard InChI is InChI=1S/C21H29N5O/c1-15-19-20(24-23-15)17-14-16(8-13-25-10-3-2-4-11-25)6-7-18(17)26(21(19)27)12-5-9-22/h6-7,14H,2-5,8-13,22H2,1H3,(H,23,24). The molecule has 1 fully saturated rings. The van der Waals surface area contributed by atoms with Crippen LogP contribution in [-0.4, -0.2) is 45.8 Å². The first-order valence-electron chi connectivity index (χ1n) is 10.1. The second-order valence-corrected chi connectivity index (χ2v) is 7.68. The molecule has 144 valence electrons. The number of nitrogens with two attached hydrogens (primary N) is 1. The van der Waals surface area contributed by atoms with Crippen molar-refractivity contribution in [3.8, 4) is 0 Å². The number of nitrogens with zero attached hydrogens (tertiary/aromatic N) is 3. The van der Waals surface area contributed by atoms with Gasteiger partial charge in [0.1, 0.15) is 5.52 Å². The molecule has 3 N–H and O–H groups in total. The lowest BCUT2D eigenvalue weighted by molar-refractivity contribution is 0.231. The van der Waals surface area contributed by atoms with E-state index in [1.807, 2.05) is 11.5 Å². The van der Waals surface area contributed by atoms with Gasteiger partial charge in [0.2, 0.25) is 0 Å². The van der Waals surface area contributed by atoms with Crippen molar-refractivity contribution in [2.75, 3.05) is 26.2 Å². The van der Waals surface area contributed by atoms with Crippen LogP contribution >= 0.6 is 0 Å². The quantitative estimate of drug-likeness (QED) is 0.702. The number of aryl methyl sites for hydroxylation is 2. The van der Waals surface area contributed by atoms with E-state index >= 15 is 0 Å². The van der Waals surface area contributed by atoms with Gasteiger partial charge in [0, 0.05) is 24.2 Å². The first kappa shape index (κ1) is 18.2. The summed E-state index contributed by atoms with van der Waals surface area (Å²) in [6, 6.07) is 6.47. The lowest BCUT2D eigenvalue weighted by Crippen LogP contribution is -2.31. The van der Waals surface area contributed by atoms with Crippen LogP contribution in [0.1, 0.15) is 36.9 Å². The van der Waals surface area contributed by atoms with Crippen molar-refractivity contribution in [2.45, 2.75) is 45.6 Å². The molecule has 27 heavy (non-hydrogen) atoms. The molecule has 0 saturated carbocycles. The van der Waals surface area contributed by atoms with Gasteiger partial charge in [-0.3, -0.25) is 9.89 Å². The van der Waals surface area contributed by atoms with Crippen LogP contribution in [0.15, 0.2) is 23.0 Å². The Morgan fingerprint density at radius 3 is 2.78 bits per heavy atom. The molecule has 0 spiro atoms. The van der Waals surface area contributed by atoms with Crippen LogP contribution in [0.5, 0.6) is 0 Å². The highest BCUT2D eigenvalue weighted by atomic mass is 16.1. The first-order valence-corrected chi connectivity index (χ1v) is 10.1. The van der Waals surface area contributed by atoms with E-state index in [1.54, 1.807) is 0 Å². The van der Waals surface area contributed by atoms with Crippen molar-refractivity contribution >= 4 is 21.8 Å². The van der Waals surface area contributed by atoms with Crippen molar-refractivity contribution < 1.29 is 0 Å². The fourth-order valence-corrected chi connectivity index (χ4v) is 4.24. The molecule has 6 nitrogen and oxygen atoms in total. The molecule has 2 aromatic heterocycles. The molecule has 1 saturated heterocycles. The van der Waals surface area contributed by atoms with Gasteiger partial charge in [-0.25, -0.2) is 0 Å². The highest BCUT2D eigenvalue weighted by Gasteiger charge is 2.16. The Balaban J connectivity index is 1.74. The number of aromatic amines is 1. The van der Waals surface area contributed by atoms with Crippen molar-refractivity contribution in [1.82, 2.24) is 19.7 Å². The monoisotopic (exact) mass is 367 g/mol. The van der Waals surface area contributed by atoms with Gasteiger partial charge in [-0.2, -0.15) is 5.10 Å². The normalized spacial score (nSPS) is 15.8. The molecule has 3 heterocycles. The summed E-state index contributed by atoms with van der Waals surface area (Å²) in [6.07, 6.45) is 5.82. The van der Waals surface area contributed by atoms with E-state index in [2.05, 4.69) is 33.3 Å². The average Bonchev–Trinajstić information content (AvgIpc) is 3.09. The Morgan fingerprint density at radius 2 is 2.00 bits per heavy atom. The largest absolute Gasteiger partial charge is 0.330 e. The zero-order chi connectivity index (χ0) is 18.8. The minimum Gasteiger partial charge on any atom is -0.330 e. The van der Waals surface area contributed by atoms with E-state index in [0.29, 0.717) is 18.5 Å². The molecule has 1 aromatic carbocycles. The van der Waals surface area contributed by atoms with Crippen LogP contribution in [0, 0.1) is 6.92 Å². The highest BCUT2D eigenvalue weighted by molar-refractivity contribution is 6.04. The Hall–Kier alpha value is -2.18. The number of pyridine rings is 1. The highest BCUT2D eigenvalue weighted by Crippen LogP contribution is 2.24. The van der Waals surface area contributed by atoms with Crippen LogP contribution in [0.2, 0.25) is 0 Å². The van der Waals surface area contributed by atoms with Gasteiger partial charge in [-0.15, -0.1) is 0 Å². The Morgan fingerprint density at radius 1 is 1.19 bits per heavy atom. The zero-order valence-corrected chi connectivity index (χ0v) is 16.1. The molecule has 4 rings (SSSR count). The molecule has 0 aliphatic carbocycles. The fourth-order valence-electron chi connectivity index (χ4n) is 4.24. The Bertz CT molecular complexity index is 997. The SMILES string of the molecule is Cc1[nH]nc2c1c(=O)n(CCCN)c1ccc(CCN3CCCCC3)cc21. The van der Waals surface area contributed by atoms with Crippen molar-refractivity contribution in [1.29, 1.82) is 0 Å². The number of hydrogen-bond acceptors (Lipinski definition) is 4. The Labute approximate surface area is 159 Å². The van der Waals surface area contributed by atoms with Gasteiger partial charge in [0.05, 0.1) is 10.9 Å². The van der Waals surface area contributed by atoms with Gasteiger partial charge < -0.3 is 15.2 Å². The topological polar surface area (TPSA) is 79.9 Å². The third-order valence-electron chi connectivity index (χ3n) is 5.76. The van der Waals surface area contributed by atoms with Crippen LogP contribution in [0.4, 0.5) is 0 Å². The van der Waals surface area contributed by atoms with Crippen molar-refractivity contribution in [3.63, 3.8) is 0 Å². The third kappa shape index (κ3) is 3.51. The van der Waals surface area contributed by atoms with Gasteiger partial charge >= 0.3 is 0 Å². The van der Waals surface area contributed by atoms with E-state index in [-0.39, 0.29) is 5.56 Å². The number of nitrogens with one attached hydrogen (secondary N) is 1. The molecule has 0 unspecified atom stereocenters. The van der Waals surface area contributed by atoms with E-state index < -0.39 is 0 Å². The molecule has 1 aliphatic rings. The van der Waals surface area contributed by atoms with Crippen LogP contribution < -0.4 is 11.3 Å². The molecule has 1 aliphatic heterocycles. The number of rotatable bonds is 6. The number of benzene rings is 1. The van der Waals surface area contributed by atoms with Gasteiger partial charge in [0.25, 0.3) is 5.56 Å². The van der Waals surface area contributed by atoms with Crippen LogP contribution in [0.25, 0.3) is 21.8 Å². The van der Waals surface area contributed by atoms with E-state index in [4.69, 9.17) is 5.73 Å². The molecular formula is C21H29N5O. The van der Waals surface area contributed by atoms with Crippen LogP contribution in [0.3, 0.4) is 0 Å². The maximum atomic E-state index is 13.0. The molecular weight excluding hydrogens is 338 g/mol. The van der Waals surface area contributed by atoms with E-state index in [0.717, 1.165) is 41.5 Å². The van der Waals surface area contributed by atoms with Gasteiger partial charge in [-0.05, 0) is 69.9 Å².